The molecule has 1 N–H and O–H groups in total. The summed E-state index contributed by atoms with van der Waals surface area (Å²) in [5.41, 5.74) is 1.98. The first-order chi connectivity index (χ1) is 13.1. The van der Waals surface area contributed by atoms with Crippen LogP contribution in [-0.2, 0) is 4.79 Å². The van der Waals surface area contributed by atoms with Gasteiger partial charge >= 0.3 is 0 Å². The molecule has 0 aromatic heterocycles. The molecule has 1 amide bonds. The molecule has 0 saturated heterocycles. The van der Waals surface area contributed by atoms with E-state index in [1.54, 1.807) is 54.6 Å². The molecule has 3 aromatic rings. The molecule has 0 spiro atoms. The molecule has 134 valence electrons. The molecule has 0 fully saturated rings. The number of amides is 1. The van der Waals surface area contributed by atoms with Crippen LogP contribution in [-0.4, -0.2) is 11.0 Å². The number of halogens is 2. The Balaban J connectivity index is 1.94. The van der Waals surface area contributed by atoms with E-state index < -0.39 is 17.8 Å². The van der Waals surface area contributed by atoms with E-state index in [0.717, 1.165) is 4.47 Å². The van der Waals surface area contributed by atoms with E-state index in [0.29, 0.717) is 22.4 Å². The van der Waals surface area contributed by atoms with Gasteiger partial charge in [0.05, 0.1) is 6.04 Å². The maximum atomic E-state index is 14.7. The molecule has 3 aromatic carbocycles. The summed E-state index contributed by atoms with van der Waals surface area (Å²) in [5, 5.41) is 10.7. The second kappa shape index (κ2) is 7.00. The van der Waals surface area contributed by atoms with Gasteiger partial charge < -0.3 is 5.11 Å². The molecule has 0 saturated carbocycles. The second-order valence-electron chi connectivity index (χ2n) is 6.20. The Morgan fingerprint density at radius 3 is 2.19 bits per heavy atom. The van der Waals surface area contributed by atoms with Crippen LogP contribution in [0.15, 0.2) is 89.1 Å². The third kappa shape index (κ3) is 3.04. The molecule has 1 aliphatic rings. The Labute approximate surface area is 164 Å². The second-order valence-corrected chi connectivity index (χ2v) is 7.12. The third-order valence-corrected chi connectivity index (χ3v) is 5.13. The van der Waals surface area contributed by atoms with Crippen LogP contribution >= 0.6 is 15.9 Å². The molecule has 1 aliphatic heterocycles. The average Bonchev–Trinajstić information content (AvgIpc) is 2.95. The summed E-state index contributed by atoms with van der Waals surface area (Å²) >= 11 is 3.38. The molecule has 1 atom stereocenters. The van der Waals surface area contributed by atoms with E-state index in [2.05, 4.69) is 15.9 Å². The molecule has 0 aliphatic carbocycles. The van der Waals surface area contributed by atoms with E-state index >= 15 is 0 Å². The first-order valence-electron chi connectivity index (χ1n) is 8.40. The van der Waals surface area contributed by atoms with E-state index in [1.165, 1.54) is 11.0 Å². The van der Waals surface area contributed by atoms with Crippen molar-refractivity contribution in [2.75, 3.05) is 4.90 Å². The minimum atomic E-state index is -0.762. The number of aliphatic hydroxyl groups is 1. The summed E-state index contributed by atoms with van der Waals surface area (Å²) in [6, 6.07) is 21.8. The number of nitrogens with zero attached hydrogens (tertiary/aromatic N) is 1. The molecule has 3 nitrogen and oxygen atoms in total. The number of carbonyl (C=O) groups is 1. The Kier molecular flexibility index (Phi) is 4.54. The van der Waals surface area contributed by atoms with Crippen LogP contribution < -0.4 is 4.90 Å². The zero-order valence-corrected chi connectivity index (χ0v) is 15.7. The average molecular weight is 424 g/mol. The minimum absolute atomic E-state index is 0.330. The molecule has 5 heteroatoms. The molecule has 1 heterocycles. The topological polar surface area (TPSA) is 40.5 Å². The van der Waals surface area contributed by atoms with E-state index in [9.17, 15) is 14.3 Å². The van der Waals surface area contributed by atoms with Crippen LogP contribution in [0.3, 0.4) is 0 Å². The smallest absolute Gasteiger partial charge is 0.294 e. The van der Waals surface area contributed by atoms with Crippen LogP contribution in [0.25, 0.3) is 5.57 Å². The van der Waals surface area contributed by atoms with Gasteiger partial charge in [0, 0.05) is 21.3 Å². The predicted octanol–water partition coefficient (Wildman–Crippen LogP) is 5.65. The van der Waals surface area contributed by atoms with Crippen molar-refractivity contribution in [3.8, 4) is 0 Å². The quantitative estimate of drug-likeness (QED) is 0.591. The monoisotopic (exact) mass is 423 g/mol. The molecule has 27 heavy (non-hydrogen) atoms. The molecule has 4 rings (SSSR count). The summed E-state index contributed by atoms with van der Waals surface area (Å²) in [5.74, 6) is -1.35. The van der Waals surface area contributed by atoms with E-state index in [-0.39, 0.29) is 5.76 Å². The number of hydrogen-bond acceptors (Lipinski definition) is 2. The van der Waals surface area contributed by atoms with Crippen molar-refractivity contribution in [2.24, 2.45) is 0 Å². The lowest BCUT2D eigenvalue weighted by atomic mass is 9.93. The van der Waals surface area contributed by atoms with Crippen molar-refractivity contribution < 1.29 is 14.3 Å². The van der Waals surface area contributed by atoms with Gasteiger partial charge in [-0.25, -0.2) is 4.39 Å². The predicted molar refractivity (Wildman–Crippen MR) is 107 cm³/mol. The van der Waals surface area contributed by atoms with Crippen molar-refractivity contribution in [3.05, 3.63) is 106 Å². The highest BCUT2D eigenvalue weighted by Gasteiger charge is 2.42. The fourth-order valence-corrected chi connectivity index (χ4v) is 3.64. The number of anilines is 1. The number of aliphatic hydroxyl groups excluding tert-OH is 1. The van der Waals surface area contributed by atoms with Crippen LogP contribution in [0.5, 0.6) is 0 Å². The van der Waals surface area contributed by atoms with Crippen molar-refractivity contribution in [2.45, 2.75) is 6.04 Å². The Hall–Kier alpha value is -2.92. The molecule has 0 radical (unpaired) electrons. The van der Waals surface area contributed by atoms with Gasteiger partial charge in [-0.05, 0) is 35.9 Å². The van der Waals surface area contributed by atoms with Gasteiger partial charge in [-0.15, -0.1) is 0 Å². The number of benzene rings is 3. The van der Waals surface area contributed by atoms with E-state index in [4.69, 9.17) is 0 Å². The zero-order chi connectivity index (χ0) is 19.0. The third-order valence-electron chi connectivity index (χ3n) is 4.60. The van der Waals surface area contributed by atoms with Gasteiger partial charge in [0.15, 0.2) is 5.76 Å². The Morgan fingerprint density at radius 1 is 0.889 bits per heavy atom. The minimum Gasteiger partial charge on any atom is -0.503 e. The standard InChI is InChI=1S/C22H15BrFNO2/c23-15-10-12-16(13-11-15)25-20(17-8-4-5-9-18(17)24)19(21(26)22(25)27)14-6-2-1-3-7-14/h1-13,20,26H/t20-/m1/s1. The first-order valence-corrected chi connectivity index (χ1v) is 9.19. The highest BCUT2D eigenvalue weighted by Crippen LogP contribution is 2.45. The van der Waals surface area contributed by atoms with Crippen molar-refractivity contribution in [1.82, 2.24) is 0 Å². The Morgan fingerprint density at radius 2 is 1.52 bits per heavy atom. The number of hydrogen-bond donors (Lipinski definition) is 1. The van der Waals surface area contributed by atoms with Crippen molar-refractivity contribution >= 4 is 33.1 Å². The summed E-state index contributed by atoms with van der Waals surface area (Å²) in [6.45, 7) is 0. The van der Waals surface area contributed by atoms with Crippen LogP contribution in [0.4, 0.5) is 10.1 Å². The lowest BCUT2D eigenvalue weighted by molar-refractivity contribution is -0.117. The summed E-state index contributed by atoms with van der Waals surface area (Å²) in [7, 11) is 0. The fraction of sp³-hybridized carbons (Fsp3) is 0.0455. The van der Waals surface area contributed by atoms with Crippen LogP contribution in [0.1, 0.15) is 17.2 Å². The van der Waals surface area contributed by atoms with Crippen LogP contribution in [0.2, 0.25) is 0 Å². The zero-order valence-electron chi connectivity index (χ0n) is 14.1. The van der Waals surface area contributed by atoms with Gasteiger partial charge in [0.25, 0.3) is 5.91 Å². The lowest BCUT2D eigenvalue weighted by Gasteiger charge is -2.27. The van der Waals surface area contributed by atoms with E-state index in [1.807, 2.05) is 18.2 Å². The van der Waals surface area contributed by atoms with Gasteiger partial charge in [-0.1, -0.05) is 64.5 Å². The van der Waals surface area contributed by atoms with Gasteiger partial charge in [0.1, 0.15) is 5.82 Å². The SMILES string of the molecule is O=C1C(O)=C(c2ccccc2)[C@@H](c2ccccc2F)N1c1ccc(Br)cc1. The fourth-order valence-electron chi connectivity index (χ4n) is 3.38. The van der Waals surface area contributed by atoms with Crippen molar-refractivity contribution in [3.63, 3.8) is 0 Å². The Bertz CT molecular complexity index is 1030. The summed E-state index contributed by atoms with van der Waals surface area (Å²) in [4.78, 5) is 14.4. The highest BCUT2D eigenvalue weighted by atomic mass is 79.9. The van der Waals surface area contributed by atoms with Gasteiger partial charge in [0.2, 0.25) is 0 Å². The van der Waals surface area contributed by atoms with Gasteiger partial charge in [-0.2, -0.15) is 0 Å². The number of carbonyl (C=O) groups excluding carboxylic acids is 1. The normalized spacial score (nSPS) is 16.9. The molecular weight excluding hydrogens is 409 g/mol. The lowest BCUT2D eigenvalue weighted by Crippen LogP contribution is -2.30. The van der Waals surface area contributed by atoms with Gasteiger partial charge in [-0.3, -0.25) is 9.69 Å². The largest absolute Gasteiger partial charge is 0.503 e. The maximum absolute atomic E-state index is 14.7. The maximum Gasteiger partial charge on any atom is 0.294 e. The first kappa shape index (κ1) is 17.5. The molecular formula is C22H15BrFNO2. The highest BCUT2D eigenvalue weighted by molar-refractivity contribution is 9.10. The summed E-state index contributed by atoms with van der Waals surface area (Å²) < 4.78 is 15.6. The van der Waals surface area contributed by atoms with Crippen LogP contribution in [0, 0.1) is 5.82 Å². The van der Waals surface area contributed by atoms with Crippen molar-refractivity contribution in [1.29, 1.82) is 0 Å². The molecule has 0 unspecified atom stereocenters. The summed E-state index contributed by atoms with van der Waals surface area (Å²) in [6.07, 6.45) is 0. The number of rotatable bonds is 3. The molecule has 0 bridgehead atoms.